The minimum Gasteiger partial charge on any atom is -0.491 e. The second-order valence-electron chi connectivity index (χ2n) is 4.68. The van der Waals surface area contributed by atoms with Gasteiger partial charge < -0.3 is 10.1 Å². The Morgan fingerprint density at radius 1 is 1.25 bits per heavy atom. The van der Waals surface area contributed by atoms with E-state index in [4.69, 9.17) is 4.74 Å². The van der Waals surface area contributed by atoms with Crippen molar-refractivity contribution in [2.24, 2.45) is 5.92 Å². The van der Waals surface area contributed by atoms with E-state index < -0.39 is 0 Å². The van der Waals surface area contributed by atoms with Crippen molar-refractivity contribution in [3.05, 3.63) is 29.8 Å². The van der Waals surface area contributed by atoms with Crippen LogP contribution in [-0.2, 0) is 6.42 Å². The van der Waals surface area contributed by atoms with Gasteiger partial charge in [-0.1, -0.05) is 19.1 Å². The van der Waals surface area contributed by atoms with Crippen LogP contribution in [0.2, 0.25) is 0 Å². The predicted molar refractivity (Wildman–Crippen MR) is 69.0 cm³/mol. The predicted octanol–water partition coefficient (Wildman–Crippen LogP) is 2.87. The summed E-state index contributed by atoms with van der Waals surface area (Å²) in [6, 6.07) is 8.40. The Balaban J connectivity index is 2.59. The van der Waals surface area contributed by atoms with Crippen molar-refractivity contribution in [2.75, 3.05) is 13.6 Å². The minimum absolute atomic E-state index is 0.241. The molecule has 0 spiro atoms. The molecule has 1 N–H and O–H groups in total. The lowest BCUT2D eigenvalue weighted by Gasteiger charge is -2.13. The molecule has 16 heavy (non-hydrogen) atoms. The summed E-state index contributed by atoms with van der Waals surface area (Å²) in [4.78, 5) is 0. The molecule has 0 aliphatic rings. The largest absolute Gasteiger partial charge is 0.491 e. The Morgan fingerprint density at radius 2 is 2.00 bits per heavy atom. The van der Waals surface area contributed by atoms with Gasteiger partial charge in [0.05, 0.1) is 6.10 Å². The Hall–Kier alpha value is -1.02. The van der Waals surface area contributed by atoms with E-state index in [-0.39, 0.29) is 6.10 Å². The van der Waals surface area contributed by atoms with Gasteiger partial charge in [-0.25, -0.2) is 0 Å². The molecule has 0 aromatic heterocycles. The molecule has 0 saturated heterocycles. The Bertz CT molecular complexity index is 309. The van der Waals surface area contributed by atoms with Crippen LogP contribution in [0.4, 0.5) is 0 Å². The Kier molecular flexibility index (Phi) is 5.33. The average Bonchev–Trinajstić information content (AvgIpc) is 2.17. The highest BCUT2D eigenvalue weighted by molar-refractivity contribution is 5.28. The fraction of sp³-hybridized carbons (Fsp3) is 0.571. The number of nitrogens with one attached hydrogen (secondary N) is 1. The van der Waals surface area contributed by atoms with Crippen molar-refractivity contribution in [2.45, 2.75) is 33.3 Å². The van der Waals surface area contributed by atoms with Crippen molar-refractivity contribution in [1.29, 1.82) is 0 Å². The zero-order valence-electron chi connectivity index (χ0n) is 10.8. The first-order valence-corrected chi connectivity index (χ1v) is 6.02. The molecule has 2 nitrogen and oxygen atoms in total. The van der Waals surface area contributed by atoms with Crippen LogP contribution < -0.4 is 10.1 Å². The molecule has 1 aromatic carbocycles. The summed E-state index contributed by atoms with van der Waals surface area (Å²) in [5.74, 6) is 1.63. The van der Waals surface area contributed by atoms with Gasteiger partial charge in [-0.2, -0.15) is 0 Å². The van der Waals surface area contributed by atoms with E-state index >= 15 is 0 Å². The van der Waals surface area contributed by atoms with Crippen LogP contribution in [0, 0.1) is 5.92 Å². The second-order valence-corrected chi connectivity index (χ2v) is 4.68. The average molecular weight is 221 g/mol. The minimum atomic E-state index is 0.241. The molecule has 90 valence electrons. The lowest BCUT2D eigenvalue weighted by atomic mass is 10.0. The quantitative estimate of drug-likeness (QED) is 0.797. The van der Waals surface area contributed by atoms with Crippen LogP contribution in [0.5, 0.6) is 5.75 Å². The Labute approximate surface area is 99.0 Å². The van der Waals surface area contributed by atoms with Gasteiger partial charge in [-0.3, -0.25) is 0 Å². The van der Waals surface area contributed by atoms with E-state index in [1.807, 2.05) is 13.1 Å². The fourth-order valence-electron chi connectivity index (χ4n) is 1.84. The van der Waals surface area contributed by atoms with Gasteiger partial charge in [0.25, 0.3) is 0 Å². The molecule has 1 aromatic rings. The summed E-state index contributed by atoms with van der Waals surface area (Å²) in [5, 5.41) is 3.20. The van der Waals surface area contributed by atoms with E-state index in [1.165, 1.54) is 5.56 Å². The highest BCUT2D eigenvalue weighted by Crippen LogP contribution is 2.17. The van der Waals surface area contributed by atoms with Crippen molar-refractivity contribution in [3.63, 3.8) is 0 Å². The molecule has 0 amide bonds. The molecular formula is C14H23NO. The zero-order valence-corrected chi connectivity index (χ0v) is 10.8. The number of rotatable bonds is 6. The van der Waals surface area contributed by atoms with Crippen LogP contribution in [0.25, 0.3) is 0 Å². The van der Waals surface area contributed by atoms with Crippen LogP contribution >= 0.6 is 0 Å². The molecule has 0 bridgehead atoms. The SMILES string of the molecule is CNCC(C)Cc1cccc(OC(C)C)c1. The summed E-state index contributed by atoms with van der Waals surface area (Å²) in [6.45, 7) is 7.41. The van der Waals surface area contributed by atoms with Crippen molar-refractivity contribution in [1.82, 2.24) is 5.32 Å². The monoisotopic (exact) mass is 221 g/mol. The van der Waals surface area contributed by atoms with E-state index in [2.05, 4.69) is 44.3 Å². The highest BCUT2D eigenvalue weighted by Gasteiger charge is 2.04. The van der Waals surface area contributed by atoms with Crippen LogP contribution in [0.1, 0.15) is 26.3 Å². The lowest BCUT2D eigenvalue weighted by Crippen LogP contribution is -2.18. The molecule has 1 unspecified atom stereocenters. The third kappa shape index (κ3) is 4.67. The smallest absolute Gasteiger partial charge is 0.119 e. The maximum Gasteiger partial charge on any atom is 0.119 e. The molecule has 0 heterocycles. The normalized spacial score (nSPS) is 12.8. The van der Waals surface area contributed by atoms with E-state index in [1.54, 1.807) is 0 Å². The van der Waals surface area contributed by atoms with Crippen LogP contribution in [0.3, 0.4) is 0 Å². The van der Waals surface area contributed by atoms with Crippen LogP contribution in [-0.4, -0.2) is 19.7 Å². The first-order chi connectivity index (χ1) is 7.61. The second kappa shape index (κ2) is 6.54. The van der Waals surface area contributed by atoms with E-state index in [0.717, 1.165) is 18.7 Å². The fourth-order valence-corrected chi connectivity index (χ4v) is 1.84. The molecule has 0 radical (unpaired) electrons. The molecule has 0 aliphatic heterocycles. The topological polar surface area (TPSA) is 21.3 Å². The molecule has 2 heteroatoms. The van der Waals surface area contributed by atoms with Crippen LogP contribution in [0.15, 0.2) is 24.3 Å². The summed E-state index contributed by atoms with van der Waals surface area (Å²) in [5.41, 5.74) is 1.35. The molecule has 0 saturated carbocycles. The summed E-state index contributed by atoms with van der Waals surface area (Å²) < 4.78 is 5.68. The van der Waals surface area contributed by atoms with Crippen molar-refractivity contribution >= 4 is 0 Å². The van der Waals surface area contributed by atoms with Crippen molar-refractivity contribution < 1.29 is 4.74 Å². The first-order valence-electron chi connectivity index (χ1n) is 6.02. The molecule has 1 rings (SSSR count). The van der Waals surface area contributed by atoms with E-state index in [0.29, 0.717) is 5.92 Å². The first kappa shape index (κ1) is 13.0. The third-order valence-electron chi connectivity index (χ3n) is 2.41. The summed E-state index contributed by atoms with van der Waals surface area (Å²) in [7, 11) is 1.99. The van der Waals surface area contributed by atoms with Gasteiger partial charge in [0.2, 0.25) is 0 Å². The lowest BCUT2D eigenvalue weighted by molar-refractivity contribution is 0.242. The summed E-state index contributed by atoms with van der Waals surface area (Å²) in [6.07, 6.45) is 1.33. The summed E-state index contributed by atoms with van der Waals surface area (Å²) >= 11 is 0. The number of benzene rings is 1. The highest BCUT2D eigenvalue weighted by atomic mass is 16.5. The van der Waals surface area contributed by atoms with Gasteiger partial charge >= 0.3 is 0 Å². The van der Waals surface area contributed by atoms with Crippen molar-refractivity contribution in [3.8, 4) is 5.75 Å². The van der Waals surface area contributed by atoms with Gasteiger partial charge in [0, 0.05) is 0 Å². The molecular weight excluding hydrogens is 198 g/mol. The third-order valence-corrected chi connectivity index (χ3v) is 2.41. The molecule has 0 fully saturated rings. The van der Waals surface area contributed by atoms with E-state index in [9.17, 15) is 0 Å². The molecule has 0 aliphatic carbocycles. The number of hydrogen-bond donors (Lipinski definition) is 1. The van der Waals surface area contributed by atoms with Gasteiger partial charge in [0.15, 0.2) is 0 Å². The standard InChI is InChI=1S/C14H23NO/c1-11(2)16-14-7-5-6-13(9-14)8-12(3)10-15-4/h5-7,9,11-12,15H,8,10H2,1-4H3. The van der Waals surface area contributed by atoms with Gasteiger partial charge in [0.1, 0.15) is 5.75 Å². The number of hydrogen-bond acceptors (Lipinski definition) is 2. The molecule has 1 atom stereocenters. The zero-order chi connectivity index (χ0) is 12.0. The number of ether oxygens (including phenoxy) is 1. The van der Waals surface area contributed by atoms with Gasteiger partial charge in [-0.05, 0) is 57.5 Å². The maximum atomic E-state index is 5.68. The van der Waals surface area contributed by atoms with Gasteiger partial charge in [-0.15, -0.1) is 0 Å². The Morgan fingerprint density at radius 3 is 2.62 bits per heavy atom. The maximum absolute atomic E-state index is 5.68.